The first-order valence-corrected chi connectivity index (χ1v) is 5.91. The fourth-order valence-corrected chi connectivity index (χ4v) is 1.67. The summed E-state index contributed by atoms with van der Waals surface area (Å²) in [5.41, 5.74) is 1.58. The minimum atomic E-state index is -0.234. The van der Waals surface area contributed by atoms with Crippen molar-refractivity contribution in [2.24, 2.45) is 0 Å². The quantitative estimate of drug-likeness (QED) is 0.904. The largest absolute Gasteiger partial charge is 0.374 e. The molecule has 96 valence electrons. The van der Waals surface area contributed by atoms with E-state index in [4.69, 9.17) is 10.00 Å². The first-order chi connectivity index (χ1) is 9.22. The molecule has 0 bridgehead atoms. The van der Waals surface area contributed by atoms with Crippen molar-refractivity contribution >= 4 is 0 Å². The van der Waals surface area contributed by atoms with Gasteiger partial charge in [-0.15, -0.1) is 0 Å². The van der Waals surface area contributed by atoms with Crippen molar-refractivity contribution in [1.29, 1.82) is 5.26 Å². The maximum absolute atomic E-state index is 11.6. The van der Waals surface area contributed by atoms with Crippen molar-refractivity contribution in [3.8, 4) is 17.3 Å². The van der Waals surface area contributed by atoms with E-state index in [0.29, 0.717) is 23.7 Å². The van der Waals surface area contributed by atoms with Crippen LogP contribution in [0.15, 0.2) is 35.1 Å². The molecule has 19 heavy (non-hydrogen) atoms. The second-order valence-electron chi connectivity index (χ2n) is 3.91. The van der Waals surface area contributed by atoms with E-state index >= 15 is 0 Å². The van der Waals surface area contributed by atoms with Crippen LogP contribution in [0, 0.1) is 11.3 Å². The molecule has 5 nitrogen and oxygen atoms in total. The number of ether oxygens (including phenoxy) is 1. The van der Waals surface area contributed by atoms with Crippen LogP contribution in [0.2, 0.25) is 0 Å². The van der Waals surface area contributed by atoms with E-state index in [1.54, 1.807) is 18.2 Å². The lowest BCUT2D eigenvalue weighted by atomic mass is 10.1. The Hall–Kier alpha value is -2.45. The maximum Gasteiger partial charge on any atom is 0.251 e. The van der Waals surface area contributed by atoms with E-state index < -0.39 is 0 Å². The lowest BCUT2D eigenvalue weighted by molar-refractivity contribution is 0.128. The summed E-state index contributed by atoms with van der Waals surface area (Å²) >= 11 is 0. The van der Waals surface area contributed by atoms with Gasteiger partial charge < -0.3 is 9.72 Å². The number of nitriles is 1. The van der Waals surface area contributed by atoms with Gasteiger partial charge in [0.2, 0.25) is 0 Å². The highest BCUT2D eigenvalue weighted by Gasteiger charge is 2.05. The SMILES string of the molecule is CCOCc1nc(-c2cccc(C#N)c2)cc(=O)[nH]1. The fraction of sp³-hybridized carbons (Fsp3) is 0.214. The number of nitrogens with zero attached hydrogens (tertiary/aromatic N) is 2. The van der Waals surface area contributed by atoms with Crippen LogP contribution in [0.5, 0.6) is 0 Å². The second-order valence-corrected chi connectivity index (χ2v) is 3.91. The zero-order valence-corrected chi connectivity index (χ0v) is 10.5. The molecule has 0 aliphatic carbocycles. The van der Waals surface area contributed by atoms with Crippen LogP contribution >= 0.6 is 0 Å². The third-order valence-corrected chi connectivity index (χ3v) is 2.52. The summed E-state index contributed by atoms with van der Waals surface area (Å²) in [4.78, 5) is 18.5. The molecule has 0 atom stereocenters. The van der Waals surface area contributed by atoms with Crippen molar-refractivity contribution in [1.82, 2.24) is 9.97 Å². The topological polar surface area (TPSA) is 78.8 Å². The highest BCUT2D eigenvalue weighted by Crippen LogP contribution is 2.16. The van der Waals surface area contributed by atoms with Gasteiger partial charge in [0.25, 0.3) is 5.56 Å². The van der Waals surface area contributed by atoms with E-state index in [9.17, 15) is 4.79 Å². The van der Waals surface area contributed by atoms with Gasteiger partial charge in [0.1, 0.15) is 12.4 Å². The Morgan fingerprint density at radius 1 is 1.42 bits per heavy atom. The maximum atomic E-state index is 11.6. The van der Waals surface area contributed by atoms with E-state index in [0.717, 1.165) is 5.56 Å². The average molecular weight is 255 g/mol. The number of aromatic amines is 1. The molecule has 2 rings (SSSR count). The molecule has 0 aliphatic rings. The first kappa shape index (κ1) is 13.0. The van der Waals surface area contributed by atoms with Gasteiger partial charge in [0.05, 0.1) is 17.3 Å². The molecule has 0 aliphatic heterocycles. The third-order valence-electron chi connectivity index (χ3n) is 2.52. The normalized spacial score (nSPS) is 10.1. The smallest absolute Gasteiger partial charge is 0.251 e. The van der Waals surface area contributed by atoms with E-state index in [1.807, 2.05) is 13.0 Å². The van der Waals surface area contributed by atoms with E-state index in [-0.39, 0.29) is 12.2 Å². The van der Waals surface area contributed by atoms with Gasteiger partial charge in [0.15, 0.2) is 0 Å². The van der Waals surface area contributed by atoms with Crippen LogP contribution in [0.3, 0.4) is 0 Å². The second kappa shape index (κ2) is 5.94. The molecule has 1 N–H and O–H groups in total. The molecule has 0 fully saturated rings. The summed E-state index contributed by atoms with van der Waals surface area (Å²) in [6.45, 7) is 2.69. The molecular formula is C14H13N3O2. The highest BCUT2D eigenvalue weighted by molar-refractivity contribution is 5.60. The molecule has 1 aromatic heterocycles. The van der Waals surface area contributed by atoms with Crippen molar-refractivity contribution in [3.63, 3.8) is 0 Å². The molecule has 1 aromatic carbocycles. The van der Waals surface area contributed by atoms with Gasteiger partial charge in [-0.3, -0.25) is 4.79 Å². The zero-order chi connectivity index (χ0) is 13.7. The summed E-state index contributed by atoms with van der Waals surface area (Å²) in [7, 11) is 0. The monoisotopic (exact) mass is 255 g/mol. The van der Waals surface area contributed by atoms with Gasteiger partial charge in [-0.05, 0) is 19.1 Å². The van der Waals surface area contributed by atoms with Gasteiger partial charge in [-0.1, -0.05) is 12.1 Å². The zero-order valence-electron chi connectivity index (χ0n) is 10.5. The Labute approximate surface area is 110 Å². The number of hydrogen-bond acceptors (Lipinski definition) is 4. The van der Waals surface area contributed by atoms with Crippen molar-refractivity contribution in [3.05, 3.63) is 52.1 Å². The molecule has 0 saturated heterocycles. The molecule has 1 heterocycles. The van der Waals surface area contributed by atoms with Crippen LogP contribution < -0.4 is 5.56 Å². The molecule has 0 spiro atoms. The molecule has 0 radical (unpaired) electrons. The minimum absolute atomic E-state index is 0.234. The Morgan fingerprint density at radius 2 is 2.26 bits per heavy atom. The van der Waals surface area contributed by atoms with Crippen LogP contribution in [-0.4, -0.2) is 16.6 Å². The summed E-state index contributed by atoms with van der Waals surface area (Å²) in [6.07, 6.45) is 0. The number of aromatic nitrogens is 2. The number of hydrogen-bond donors (Lipinski definition) is 1. The summed E-state index contributed by atoms with van der Waals surface area (Å²) in [5, 5.41) is 8.88. The average Bonchev–Trinajstić information content (AvgIpc) is 2.44. The van der Waals surface area contributed by atoms with E-state index in [2.05, 4.69) is 16.0 Å². The van der Waals surface area contributed by atoms with Crippen LogP contribution in [0.25, 0.3) is 11.3 Å². The molecule has 0 amide bonds. The minimum Gasteiger partial charge on any atom is -0.374 e. The first-order valence-electron chi connectivity index (χ1n) is 5.91. The number of nitrogens with one attached hydrogen (secondary N) is 1. The lowest BCUT2D eigenvalue weighted by Gasteiger charge is -2.05. The predicted molar refractivity (Wildman–Crippen MR) is 70.3 cm³/mol. The highest BCUT2D eigenvalue weighted by atomic mass is 16.5. The molecule has 0 saturated carbocycles. The van der Waals surface area contributed by atoms with Crippen LogP contribution in [0.4, 0.5) is 0 Å². The Morgan fingerprint density at radius 3 is 3.00 bits per heavy atom. The van der Waals surface area contributed by atoms with E-state index in [1.165, 1.54) is 6.07 Å². The Kier molecular flexibility index (Phi) is 4.06. The third kappa shape index (κ3) is 3.27. The Bertz CT molecular complexity index is 671. The van der Waals surface area contributed by atoms with Gasteiger partial charge in [0, 0.05) is 18.2 Å². The number of H-pyrrole nitrogens is 1. The summed E-state index contributed by atoms with van der Waals surface area (Å²) in [5.74, 6) is 0.478. The van der Waals surface area contributed by atoms with Gasteiger partial charge >= 0.3 is 0 Å². The summed E-state index contributed by atoms with van der Waals surface area (Å²) < 4.78 is 5.23. The van der Waals surface area contributed by atoms with Crippen molar-refractivity contribution < 1.29 is 4.74 Å². The fourth-order valence-electron chi connectivity index (χ4n) is 1.67. The molecule has 5 heteroatoms. The number of benzene rings is 1. The van der Waals surface area contributed by atoms with Gasteiger partial charge in [-0.2, -0.15) is 5.26 Å². The molecular weight excluding hydrogens is 242 g/mol. The standard InChI is InChI=1S/C14H13N3O2/c1-2-19-9-13-16-12(7-14(18)17-13)11-5-3-4-10(6-11)8-15/h3-7H,2,9H2,1H3,(H,16,17,18). The van der Waals surface area contributed by atoms with Crippen LogP contribution in [0.1, 0.15) is 18.3 Å². The van der Waals surface area contributed by atoms with Gasteiger partial charge in [-0.25, -0.2) is 4.98 Å². The number of rotatable bonds is 4. The van der Waals surface area contributed by atoms with Crippen molar-refractivity contribution in [2.45, 2.75) is 13.5 Å². The Balaban J connectivity index is 2.41. The predicted octanol–water partition coefficient (Wildman–Crippen LogP) is 1.85. The lowest BCUT2D eigenvalue weighted by Crippen LogP contribution is -2.12. The molecule has 2 aromatic rings. The van der Waals surface area contributed by atoms with Crippen LogP contribution in [-0.2, 0) is 11.3 Å². The summed E-state index contributed by atoms with van der Waals surface area (Å²) in [6, 6.07) is 10.5. The molecule has 0 unspecified atom stereocenters. The van der Waals surface area contributed by atoms with Crippen molar-refractivity contribution in [2.75, 3.05) is 6.61 Å².